The number of carbonyl (C=O) groups excluding carboxylic acids is 1. The molecule has 4 heteroatoms. The van der Waals surface area contributed by atoms with E-state index in [0.29, 0.717) is 12.5 Å². The number of rotatable bonds is 5. The maximum Gasteiger partial charge on any atom is 1.00 e. The van der Waals surface area contributed by atoms with Gasteiger partial charge in [0.25, 0.3) is 0 Å². The van der Waals surface area contributed by atoms with Crippen LogP contribution < -0.4 is 24.6 Å². The summed E-state index contributed by atoms with van der Waals surface area (Å²) in [5.41, 5.74) is 5.45. The van der Waals surface area contributed by atoms with Crippen molar-refractivity contribution in [2.45, 2.75) is 39.2 Å². The molecule has 0 fully saturated rings. The molecule has 0 radical (unpaired) electrons. The van der Waals surface area contributed by atoms with Gasteiger partial charge >= 0.3 is 18.9 Å². The Morgan fingerprint density at radius 2 is 1.80 bits per heavy atom. The Morgan fingerprint density at radius 3 is 1.87 bits per heavy atom. The first-order chi connectivity index (χ1) is 6.39. The molecule has 0 aromatic rings. The monoisotopic (exact) mass is 207 g/mol. The predicted molar refractivity (Wildman–Crippen MR) is 59.0 cm³/mol. The van der Waals surface area contributed by atoms with Crippen molar-refractivity contribution in [2.75, 3.05) is 6.61 Å². The fourth-order valence-corrected chi connectivity index (χ4v) is 0.326. The minimum atomic E-state index is -0.139. The fourth-order valence-electron chi connectivity index (χ4n) is 0.326. The van der Waals surface area contributed by atoms with Gasteiger partial charge in [-0.1, -0.05) is 27.2 Å². The van der Waals surface area contributed by atoms with Crippen LogP contribution in [0, 0.1) is 19.8 Å². The molecule has 0 atom stereocenters. The normalized spacial score (nSPS) is 9.80. The minimum absolute atomic E-state index is 0. The molecule has 15 heavy (non-hydrogen) atoms. The summed E-state index contributed by atoms with van der Waals surface area (Å²) in [6.45, 7) is 15.0. The van der Waals surface area contributed by atoms with Crippen LogP contribution in [0.4, 0.5) is 0 Å². The number of hydrogen-bond donors (Lipinski definition) is 1. The van der Waals surface area contributed by atoms with Crippen molar-refractivity contribution in [1.29, 1.82) is 0 Å². The van der Waals surface area contributed by atoms with Crippen molar-refractivity contribution in [3.05, 3.63) is 13.8 Å². The van der Waals surface area contributed by atoms with Crippen LogP contribution in [-0.4, -0.2) is 18.6 Å². The summed E-state index contributed by atoms with van der Waals surface area (Å²) >= 11 is 0. The van der Waals surface area contributed by atoms with Crippen molar-refractivity contribution < 1.29 is 28.4 Å². The molecule has 0 aromatic carbocycles. The Kier molecular flexibility index (Phi) is 16.5. The number of ether oxygens (including phenoxy) is 1. The molecule has 0 aliphatic heterocycles. The van der Waals surface area contributed by atoms with Gasteiger partial charge in [0.05, 0.1) is 6.61 Å². The molecule has 0 rings (SSSR count). The fraction of sp³-hybridized carbons (Fsp3) is 0.727. The third-order valence-electron chi connectivity index (χ3n) is 1.62. The van der Waals surface area contributed by atoms with Gasteiger partial charge in [-0.3, -0.25) is 0 Å². The van der Waals surface area contributed by atoms with Crippen LogP contribution in [0.2, 0.25) is 0 Å². The molecule has 0 amide bonds. The van der Waals surface area contributed by atoms with Crippen molar-refractivity contribution >= 4 is 6.47 Å². The summed E-state index contributed by atoms with van der Waals surface area (Å²) in [5.74, 6) is 0.418. The summed E-state index contributed by atoms with van der Waals surface area (Å²) < 4.78 is 4.29. The molecule has 86 valence electrons. The quantitative estimate of drug-likeness (QED) is 0.459. The molecule has 3 nitrogen and oxygen atoms in total. The first-order valence-corrected chi connectivity index (χ1v) is 4.76. The zero-order valence-electron chi connectivity index (χ0n) is 10.5. The molecule has 2 N–H and O–H groups in total. The van der Waals surface area contributed by atoms with Gasteiger partial charge in [-0.05, 0) is 11.5 Å². The molecule has 0 aromatic heterocycles. The van der Waals surface area contributed by atoms with Gasteiger partial charge in [-0.25, -0.2) is 0 Å². The standard InChI is InChI=1S/C6H13N.C5H9O2.Li/c1-4-6(3,7)5-2;1-5(2)3-7-4-6;/h1-2,4-5,7H2,3H3;5H,3H2,1-2H3;/q-2;-1;+1. The summed E-state index contributed by atoms with van der Waals surface area (Å²) in [7, 11) is 0. The van der Waals surface area contributed by atoms with E-state index < -0.39 is 0 Å². The van der Waals surface area contributed by atoms with Crippen LogP contribution in [-0.2, 0) is 9.53 Å². The van der Waals surface area contributed by atoms with E-state index >= 15 is 0 Å². The van der Waals surface area contributed by atoms with E-state index in [0.717, 1.165) is 12.8 Å². The second-order valence-electron chi connectivity index (χ2n) is 3.94. The molecular weight excluding hydrogens is 185 g/mol. The summed E-state index contributed by atoms with van der Waals surface area (Å²) in [6, 6.07) is 0. The Balaban J connectivity index is -0.000000180. The third-order valence-corrected chi connectivity index (χ3v) is 1.62. The van der Waals surface area contributed by atoms with Gasteiger partial charge < -0.3 is 29.1 Å². The average molecular weight is 207 g/mol. The Labute approximate surface area is 106 Å². The third kappa shape index (κ3) is 20.2. The first-order valence-electron chi connectivity index (χ1n) is 4.76. The maximum absolute atomic E-state index is 9.36. The van der Waals surface area contributed by atoms with Gasteiger partial charge in [0.15, 0.2) is 0 Å². The molecule has 0 aliphatic rings. The second-order valence-corrected chi connectivity index (χ2v) is 3.94. The van der Waals surface area contributed by atoms with E-state index in [9.17, 15) is 4.79 Å². The average Bonchev–Trinajstić information content (AvgIpc) is 2.15. The van der Waals surface area contributed by atoms with Crippen molar-refractivity contribution in [2.24, 2.45) is 11.7 Å². The first kappa shape index (κ1) is 20.4. The van der Waals surface area contributed by atoms with Crippen LogP contribution >= 0.6 is 0 Å². The van der Waals surface area contributed by atoms with Gasteiger partial charge in [0, 0.05) is 0 Å². The minimum Gasteiger partial charge on any atom is -0.652 e. The van der Waals surface area contributed by atoms with E-state index in [-0.39, 0.29) is 24.4 Å². The van der Waals surface area contributed by atoms with E-state index in [1.54, 1.807) is 0 Å². The van der Waals surface area contributed by atoms with Crippen molar-refractivity contribution in [3.8, 4) is 0 Å². The molecule has 0 saturated carbocycles. The maximum atomic E-state index is 9.36. The van der Waals surface area contributed by atoms with E-state index in [1.165, 1.54) is 6.47 Å². The Hall–Kier alpha value is 0.0274. The van der Waals surface area contributed by atoms with Gasteiger partial charge in [-0.2, -0.15) is 12.8 Å². The van der Waals surface area contributed by atoms with E-state index in [1.807, 2.05) is 20.8 Å². The summed E-state index contributed by atoms with van der Waals surface area (Å²) in [5, 5.41) is 0. The number of nitrogens with two attached hydrogens (primary N) is 1. The van der Waals surface area contributed by atoms with Crippen molar-refractivity contribution in [3.63, 3.8) is 0 Å². The Bertz CT molecular complexity index is 133. The zero-order valence-corrected chi connectivity index (χ0v) is 10.5. The number of hydrogen-bond acceptors (Lipinski definition) is 3. The zero-order chi connectivity index (χ0) is 11.6. The van der Waals surface area contributed by atoms with E-state index in [2.05, 4.69) is 18.6 Å². The van der Waals surface area contributed by atoms with Crippen molar-refractivity contribution in [1.82, 2.24) is 0 Å². The van der Waals surface area contributed by atoms with Gasteiger partial charge in [0.1, 0.15) is 0 Å². The molecule has 0 saturated heterocycles. The van der Waals surface area contributed by atoms with E-state index in [4.69, 9.17) is 5.73 Å². The molecule has 0 bridgehead atoms. The summed E-state index contributed by atoms with van der Waals surface area (Å²) in [4.78, 5) is 9.36. The second kappa shape index (κ2) is 12.1. The molecule has 0 spiro atoms. The van der Waals surface area contributed by atoms with Crippen LogP contribution in [0.1, 0.15) is 33.6 Å². The van der Waals surface area contributed by atoms with Gasteiger partial charge in [-0.15, -0.1) is 0 Å². The molecular formula is C11H22LiNO2-2. The van der Waals surface area contributed by atoms with Crippen LogP contribution in [0.15, 0.2) is 0 Å². The Morgan fingerprint density at radius 1 is 1.40 bits per heavy atom. The molecule has 0 heterocycles. The topological polar surface area (TPSA) is 52.3 Å². The SMILES string of the molecule is CC(C)CO[C-]=O.[CH2-]CC(C)(N)C[CH2-].[Li+]. The molecule has 0 unspecified atom stereocenters. The van der Waals surface area contributed by atoms with Crippen LogP contribution in [0.3, 0.4) is 0 Å². The summed E-state index contributed by atoms with van der Waals surface area (Å²) in [6.07, 6.45) is 1.52. The van der Waals surface area contributed by atoms with Crippen LogP contribution in [0.25, 0.3) is 0 Å². The van der Waals surface area contributed by atoms with Crippen LogP contribution in [0.5, 0.6) is 0 Å². The largest absolute Gasteiger partial charge is 1.00 e. The van der Waals surface area contributed by atoms with Gasteiger partial charge in [0.2, 0.25) is 0 Å². The molecule has 0 aliphatic carbocycles. The smallest absolute Gasteiger partial charge is 0.652 e. The predicted octanol–water partition coefficient (Wildman–Crippen LogP) is -1.12.